The van der Waals surface area contributed by atoms with Crippen molar-refractivity contribution in [2.45, 2.75) is 12.8 Å². The van der Waals surface area contributed by atoms with Gasteiger partial charge in [-0.25, -0.2) is 0 Å². The number of thiophene rings is 1. The molecule has 0 aliphatic carbocycles. The maximum absolute atomic E-state index is 12.9. The fraction of sp³-hybridized carbons (Fsp3) is 0.130. The molecule has 0 spiro atoms. The smallest absolute Gasteiger partial charge is 0.258 e. The molecule has 1 aliphatic rings. The second-order valence-electron chi connectivity index (χ2n) is 6.61. The summed E-state index contributed by atoms with van der Waals surface area (Å²) in [6.45, 7) is 0.704. The summed E-state index contributed by atoms with van der Waals surface area (Å²) in [5, 5.41) is 4.88. The lowest BCUT2D eigenvalue weighted by molar-refractivity contribution is -0.111. The van der Waals surface area contributed by atoms with Crippen LogP contribution >= 0.6 is 11.3 Å². The summed E-state index contributed by atoms with van der Waals surface area (Å²) in [6, 6.07) is 19.0. The third kappa shape index (κ3) is 4.05. The average molecular weight is 388 g/mol. The molecule has 0 radical (unpaired) electrons. The van der Waals surface area contributed by atoms with Crippen molar-refractivity contribution in [2.24, 2.45) is 0 Å². The molecule has 3 aromatic rings. The van der Waals surface area contributed by atoms with Crippen LogP contribution in [0.25, 0.3) is 6.08 Å². The number of nitrogens with zero attached hydrogens (tertiary/aromatic N) is 1. The topological polar surface area (TPSA) is 49.4 Å². The van der Waals surface area contributed by atoms with E-state index in [0.717, 1.165) is 34.7 Å². The number of fused-ring (bicyclic) bond motifs is 1. The van der Waals surface area contributed by atoms with Crippen LogP contribution in [0.3, 0.4) is 0 Å². The molecule has 4 nitrogen and oxygen atoms in total. The number of hydrogen-bond acceptors (Lipinski definition) is 3. The van der Waals surface area contributed by atoms with Gasteiger partial charge in [0.05, 0.1) is 0 Å². The molecule has 1 aromatic heterocycles. The highest BCUT2D eigenvalue weighted by Crippen LogP contribution is 2.31. The molecule has 2 aromatic carbocycles. The Balaban J connectivity index is 1.50. The summed E-state index contributed by atoms with van der Waals surface area (Å²) in [4.78, 5) is 27.9. The molecule has 1 N–H and O–H groups in total. The maximum atomic E-state index is 12.9. The fourth-order valence-electron chi connectivity index (χ4n) is 3.35. The predicted molar refractivity (Wildman–Crippen MR) is 115 cm³/mol. The molecule has 2 heterocycles. The van der Waals surface area contributed by atoms with Crippen molar-refractivity contribution in [1.29, 1.82) is 0 Å². The van der Waals surface area contributed by atoms with Crippen molar-refractivity contribution >= 4 is 40.6 Å². The van der Waals surface area contributed by atoms with Crippen LogP contribution in [0.4, 0.5) is 11.4 Å². The minimum atomic E-state index is -0.165. The summed E-state index contributed by atoms with van der Waals surface area (Å²) in [5.74, 6) is -0.154. The molecular weight excluding hydrogens is 368 g/mol. The summed E-state index contributed by atoms with van der Waals surface area (Å²) in [6.07, 6.45) is 5.14. The number of benzene rings is 2. The van der Waals surface area contributed by atoms with Gasteiger partial charge in [-0.1, -0.05) is 24.3 Å². The third-order valence-corrected chi connectivity index (χ3v) is 5.51. The van der Waals surface area contributed by atoms with Crippen molar-refractivity contribution in [3.8, 4) is 0 Å². The summed E-state index contributed by atoms with van der Waals surface area (Å²) in [7, 11) is 0. The predicted octanol–water partition coefficient (Wildman–Crippen LogP) is 4.99. The fourth-order valence-corrected chi connectivity index (χ4v) is 3.97. The molecule has 0 atom stereocenters. The highest BCUT2D eigenvalue weighted by Gasteiger charge is 2.23. The quantitative estimate of drug-likeness (QED) is 0.640. The van der Waals surface area contributed by atoms with Crippen LogP contribution in [-0.4, -0.2) is 18.4 Å². The van der Waals surface area contributed by atoms with E-state index < -0.39 is 0 Å². The van der Waals surface area contributed by atoms with Crippen LogP contribution in [0.2, 0.25) is 0 Å². The Morgan fingerprint density at radius 1 is 1.04 bits per heavy atom. The molecular formula is C23H20N2O2S. The molecule has 2 amide bonds. The van der Waals surface area contributed by atoms with Crippen LogP contribution in [-0.2, 0) is 11.2 Å². The lowest BCUT2D eigenvalue weighted by Gasteiger charge is -2.30. The Hall–Kier alpha value is -3.18. The molecule has 0 saturated heterocycles. The second kappa shape index (κ2) is 8.23. The van der Waals surface area contributed by atoms with Crippen LogP contribution < -0.4 is 10.2 Å². The van der Waals surface area contributed by atoms with E-state index in [9.17, 15) is 9.59 Å². The van der Waals surface area contributed by atoms with E-state index in [1.165, 1.54) is 6.08 Å². The van der Waals surface area contributed by atoms with Gasteiger partial charge in [0, 0.05) is 34.4 Å². The lowest BCUT2D eigenvalue weighted by atomic mass is 10.00. The largest absolute Gasteiger partial charge is 0.323 e. The third-order valence-electron chi connectivity index (χ3n) is 4.67. The zero-order valence-electron chi connectivity index (χ0n) is 15.3. The molecule has 4 rings (SSSR count). The first-order valence-electron chi connectivity index (χ1n) is 9.23. The van der Waals surface area contributed by atoms with Crippen LogP contribution in [0.1, 0.15) is 27.2 Å². The molecule has 0 unspecified atom stereocenters. The monoisotopic (exact) mass is 388 g/mol. The van der Waals surface area contributed by atoms with E-state index in [0.29, 0.717) is 12.1 Å². The Kier molecular flexibility index (Phi) is 5.35. The highest BCUT2D eigenvalue weighted by molar-refractivity contribution is 7.10. The van der Waals surface area contributed by atoms with E-state index in [2.05, 4.69) is 5.32 Å². The zero-order valence-corrected chi connectivity index (χ0v) is 16.1. The number of carbonyl (C=O) groups is 2. The first-order chi connectivity index (χ1) is 13.7. The first-order valence-corrected chi connectivity index (χ1v) is 10.1. The molecule has 140 valence electrons. The van der Waals surface area contributed by atoms with Crippen molar-refractivity contribution < 1.29 is 9.59 Å². The van der Waals surface area contributed by atoms with Crippen molar-refractivity contribution in [3.63, 3.8) is 0 Å². The first kappa shape index (κ1) is 18.2. The number of carbonyl (C=O) groups excluding carboxylic acids is 2. The minimum Gasteiger partial charge on any atom is -0.323 e. The second-order valence-corrected chi connectivity index (χ2v) is 7.59. The Bertz CT molecular complexity index is 1010. The van der Waals surface area contributed by atoms with Gasteiger partial charge in [-0.05, 0) is 66.3 Å². The number of hydrogen-bond donors (Lipinski definition) is 1. The van der Waals surface area contributed by atoms with E-state index >= 15 is 0 Å². The SMILES string of the molecule is O=C(/C=C/c1cccs1)Nc1ccc2c(c1)CCCN2C(=O)c1ccccc1. The highest BCUT2D eigenvalue weighted by atomic mass is 32.1. The summed E-state index contributed by atoms with van der Waals surface area (Å²) < 4.78 is 0. The number of nitrogens with one attached hydrogen (secondary N) is 1. The van der Waals surface area contributed by atoms with Gasteiger partial charge in [0.25, 0.3) is 5.91 Å². The molecule has 5 heteroatoms. The van der Waals surface area contributed by atoms with Gasteiger partial charge in [0.1, 0.15) is 0 Å². The van der Waals surface area contributed by atoms with Gasteiger partial charge in [0.2, 0.25) is 5.91 Å². The molecule has 1 aliphatic heterocycles. The maximum Gasteiger partial charge on any atom is 0.258 e. The molecule has 28 heavy (non-hydrogen) atoms. The summed E-state index contributed by atoms with van der Waals surface area (Å²) >= 11 is 1.59. The van der Waals surface area contributed by atoms with E-state index in [-0.39, 0.29) is 11.8 Å². The molecule has 0 bridgehead atoms. The van der Waals surface area contributed by atoms with Crippen molar-refractivity contribution in [1.82, 2.24) is 0 Å². The average Bonchev–Trinajstić information content (AvgIpc) is 3.25. The standard InChI is InChI=1S/C23H20N2O2S/c26-22(13-11-20-9-5-15-28-20)24-19-10-12-21-18(16-19)8-4-14-25(21)23(27)17-6-2-1-3-7-17/h1-3,5-7,9-13,15-16H,4,8,14H2,(H,24,26)/b13-11+. The van der Waals surface area contributed by atoms with E-state index in [4.69, 9.17) is 0 Å². The van der Waals surface area contributed by atoms with Crippen LogP contribution in [0, 0.1) is 0 Å². The summed E-state index contributed by atoms with van der Waals surface area (Å²) in [5.41, 5.74) is 3.43. The normalized spacial score (nSPS) is 13.4. The Morgan fingerprint density at radius 2 is 1.89 bits per heavy atom. The number of aryl methyl sites for hydroxylation is 1. The van der Waals surface area contributed by atoms with Gasteiger partial charge < -0.3 is 10.2 Å². The van der Waals surface area contributed by atoms with Gasteiger partial charge in [-0.2, -0.15) is 0 Å². The van der Waals surface area contributed by atoms with Crippen molar-refractivity contribution in [2.75, 3.05) is 16.8 Å². The van der Waals surface area contributed by atoms with E-state index in [1.807, 2.05) is 70.9 Å². The lowest BCUT2D eigenvalue weighted by Crippen LogP contribution is -2.35. The Morgan fingerprint density at radius 3 is 2.68 bits per heavy atom. The number of rotatable bonds is 4. The molecule has 0 saturated carbocycles. The van der Waals surface area contributed by atoms with Gasteiger partial charge in [0.15, 0.2) is 0 Å². The minimum absolute atomic E-state index is 0.0113. The zero-order chi connectivity index (χ0) is 19.3. The van der Waals surface area contributed by atoms with Gasteiger partial charge in [-0.3, -0.25) is 9.59 Å². The van der Waals surface area contributed by atoms with Crippen LogP contribution in [0.5, 0.6) is 0 Å². The Labute approximate surface area is 168 Å². The van der Waals surface area contributed by atoms with Gasteiger partial charge >= 0.3 is 0 Å². The number of anilines is 2. The number of amides is 2. The van der Waals surface area contributed by atoms with Crippen LogP contribution in [0.15, 0.2) is 72.1 Å². The molecule has 0 fully saturated rings. The van der Waals surface area contributed by atoms with Crippen molar-refractivity contribution in [3.05, 3.63) is 88.1 Å². The van der Waals surface area contributed by atoms with E-state index in [1.54, 1.807) is 17.4 Å². The van der Waals surface area contributed by atoms with Gasteiger partial charge in [-0.15, -0.1) is 11.3 Å².